The molecule has 2 aliphatic heterocycles. The van der Waals surface area contributed by atoms with Gasteiger partial charge in [-0.2, -0.15) is 0 Å². The van der Waals surface area contributed by atoms with Crippen LogP contribution in [0.2, 0.25) is 0 Å². The summed E-state index contributed by atoms with van der Waals surface area (Å²) in [6.07, 6.45) is 1.08. The van der Waals surface area contributed by atoms with Gasteiger partial charge >= 0.3 is 0 Å². The molecule has 7 nitrogen and oxygen atoms in total. The van der Waals surface area contributed by atoms with Gasteiger partial charge in [-0.25, -0.2) is 0 Å². The number of halogens is 1. The molecule has 1 unspecified atom stereocenters. The molecule has 152 valence electrons. The van der Waals surface area contributed by atoms with E-state index in [4.69, 9.17) is 0 Å². The number of benzene rings is 1. The van der Waals surface area contributed by atoms with Crippen LogP contribution in [0.1, 0.15) is 12.8 Å². The van der Waals surface area contributed by atoms with E-state index >= 15 is 0 Å². The Morgan fingerprint density at radius 1 is 1.14 bits per heavy atom. The van der Waals surface area contributed by atoms with Crippen LogP contribution in [0.4, 0.5) is 5.69 Å². The molecule has 3 amide bonds. The third-order valence-electron chi connectivity index (χ3n) is 5.38. The molecule has 2 fully saturated rings. The minimum Gasteiger partial charge on any atom is -0.348 e. The lowest BCUT2D eigenvalue weighted by Crippen LogP contribution is -2.41. The highest BCUT2D eigenvalue weighted by atomic mass is 79.9. The highest BCUT2D eigenvalue weighted by molar-refractivity contribution is 9.10. The molecule has 2 aliphatic rings. The number of carbonyl (C=O) groups is 3. The first-order valence-corrected chi connectivity index (χ1v) is 10.4. The number of rotatable bonds is 4. The second kappa shape index (κ2) is 9.05. The maximum Gasteiger partial charge on any atom is 0.236 e. The minimum absolute atomic E-state index is 0.0155. The Kier molecular flexibility index (Phi) is 6.72. The van der Waals surface area contributed by atoms with Crippen molar-refractivity contribution >= 4 is 39.3 Å². The zero-order chi connectivity index (χ0) is 20.3. The summed E-state index contributed by atoms with van der Waals surface area (Å²) in [5.74, 6) is -0.207. The third-order valence-corrected chi connectivity index (χ3v) is 6.05. The fourth-order valence-electron chi connectivity index (χ4n) is 3.72. The standard InChI is InChI=1S/C20H27BrN4O3/c1-22(2)19(27)14-23-8-5-9-24(11-10-23)20(28)15-12-18(26)25(13-15)17-7-4-3-6-16(17)21/h3-4,6-7,15H,5,8-14H2,1-2H3. The number of carbonyl (C=O) groups excluding carboxylic acids is 3. The molecule has 0 bridgehead atoms. The van der Waals surface area contributed by atoms with Gasteiger partial charge in [0.2, 0.25) is 17.7 Å². The zero-order valence-corrected chi connectivity index (χ0v) is 18.0. The Bertz CT molecular complexity index is 755. The molecule has 0 saturated carbocycles. The van der Waals surface area contributed by atoms with Gasteiger partial charge in [-0.15, -0.1) is 0 Å². The molecule has 3 rings (SSSR count). The van der Waals surface area contributed by atoms with Crippen molar-refractivity contribution in [1.29, 1.82) is 0 Å². The second-order valence-electron chi connectivity index (χ2n) is 7.60. The van der Waals surface area contributed by atoms with E-state index < -0.39 is 0 Å². The molecule has 0 N–H and O–H groups in total. The molecule has 1 aromatic carbocycles. The number of para-hydroxylation sites is 1. The Labute approximate surface area is 174 Å². The molecule has 2 saturated heterocycles. The molecular weight excluding hydrogens is 424 g/mol. The lowest BCUT2D eigenvalue weighted by Gasteiger charge is -2.25. The lowest BCUT2D eigenvalue weighted by atomic mass is 10.1. The minimum atomic E-state index is -0.311. The van der Waals surface area contributed by atoms with Gasteiger partial charge in [-0.3, -0.25) is 19.3 Å². The Hall–Kier alpha value is -1.93. The van der Waals surface area contributed by atoms with Crippen LogP contribution in [-0.2, 0) is 14.4 Å². The number of anilines is 1. The summed E-state index contributed by atoms with van der Waals surface area (Å²) in [6, 6.07) is 7.58. The second-order valence-corrected chi connectivity index (χ2v) is 8.45. The van der Waals surface area contributed by atoms with E-state index in [2.05, 4.69) is 20.8 Å². The van der Waals surface area contributed by atoms with Crippen LogP contribution >= 0.6 is 15.9 Å². The first-order valence-electron chi connectivity index (χ1n) is 9.63. The zero-order valence-electron chi connectivity index (χ0n) is 16.4. The quantitative estimate of drug-likeness (QED) is 0.695. The van der Waals surface area contributed by atoms with E-state index in [-0.39, 0.29) is 30.1 Å². The van der Waals surface area contributed by atoms with Crippen LogP contribution in [0.3, 0.4) is 0 Å². The van der Waals surface area contributed by atoms with Gasteiger partial charge in [0.05, 0.1) is 18.2 Å². The smallest absolute Gasteiger partial charge is 0.236 e. The number of hydrogen-bond acceptors (Lipinski definition) is 4. The van der Waals surface area contributed by atoms with Crippen LogP contribution in [0, 0.1) is 5.92 Å². The SMILES string of the molecule is CN(C)C(=O)CN1CCCN(C(=O)C2CC(=O)N(c3ccccc3Br)C2)CC1. The Morgan fingerprint density at radius 2 is 1.89 bits per heavy atom. The highest BCUT2D eigenvalue weighted by Gasteiger charge is 2.38. The molecule has 2 heterocycles. The van der Waals surface area contributed by atoms with Crippen LogP contribution in [0.25, 0.3) is 0 Å². The number of hydrogen-bond donors (Lipinski definition) is 0. The van der Waals surface area contributed by atoms with Crippen LogP contribution < -0.4 is 4.90 Å². The molecular formula is C20H27BrN4O3. The van der Waals surface area contributed by atoms with E-state index in [0.717, 1.165) is 23.1 Å². The summed E-state index contributed by atoms with van der Waals surface area (Å²) in [5.41, 5.74) is 0.812. The van der Waals surface area contributed by atoms with Crippen molar-refractivity contribution in [1.82, 2.24) is 14.7 Å². The largest absolute Gasteiger partial charge is 0.348 e. The summed E-state index contributed by atoms with van der Waals surface area (Å²) in [4.78, 5) is 44.7. The maximum atomic E-state index is 13.0. The average Bonchev–Trinajstić information content (AvgIpc) is 2.89. The van der Waals surface area contributed by atoms with Crippen molar-refractivity contribution in [2.24, 2.45) is 5.92 Å². The van der Waals surface area contributed by atoms with Crippen molar-refractivity contribution in [2.75, 3.05) is 58.3 Å². The first kappa shape index (κ1) is 20.8. The maximum absolute atomic E-state index is 13.0. The van der Waals surface area contributed by atoms with Gasteiger partial charge in [-0.05, 0) is 34.5 Å². The number of amides is 3. The van der Waals surface area contributed by atoms with Crippen molar-refractivity contribution in [2.45, 2.75) is 12.8 Å². The van der Waals surface area contributed by atoms with Crippen LogP contribution in [0.15, 0.2) is 28.7 Å². The predicted octanol–water partition coefficient (Wildman–Crippen LogP) is 1.42. The molecule has 1 atom stereocenters. The molecule has 0 radical (unpaired) electrons. The third kappa shape index (κ3) is 4.72. The van der Waals surface area contributed by atoms with Crippen LogP contribution in [0.5, 0.6) is 0 Å². The van der Waals surface area contributed by atoms with Gasteiger partial charge < -0.3 is 14.7 Å². The van der Waals surface area contributed by atoms with Crippen molar-refractivity contribution < 1.29 is 14.4 Å². The predicted molar refractivity (Wildman–Crippen MR) is 111 cm³/mol. The molecule has 28 heavy (non-hydrogen) atoms. The fraction of sp³-hybridized carbons (Fsp3) is 0.550. The van der Waals surface area contributed by atoms with Gasteiger partial charge in [0.25, 0.3) is 0 Å². The summed E-state index contributed by atoms with van der Waals surface area (Å²) in [5, 5.41) is 0. The summed E-state index contributed by atoms with van der Waals surface area (Å²) < 4.78 is 0.854. The van der Waals surface area contributed by atoms with E-state index in [0.29, 0.717) is 32.7 Å². The normalized spacial score (nSPS) is 21.0. The van der Waals surface area contributed by atoms with E-state index in [1.165, 1.54) is 0 Å². The highest BCUT2D eigenvalue weighted by Crippen LogP contribution is 2.32. The first-order chi connectivity index (χ1) is 13.4. The number of likely N-dealkylation sites (N-methyl/N-ethyl adjacent to an activating group) is 1. The fourth-order valence-corrected chi connectivity index (χ4v) is 4.22. The van der Waals surface area contributed by atoms with E-state index in [1.54, 1.807) is 23.9 Å². The van der Waals surface area contributed by atoms with E-state index in [1.807, 2.05) is 29.2 Å². The van der Waals surface area contributed by atoms with Crippen molar-refractivity contribution in [3.8, 4) is 0 Å². The molecule has 8 heteroatoms. The molecule has 0 spiro atoms. The number of nitrogens with zero attached hydrogens (tertiary/aromatic N) is 4. The average molecular weight is 451 g/mol. The summed E-state index contributed by atoms with van der Waals surface area (Å²) in [6.45, 7) is 3.55. The van der Waals surface area contributed by atoms with Gasteiger partial charge in [-0.1, -0.05) is 12.1 Å². The summed E-state index contributed by atoms with van der Waals surface area (Å²) in [7, 11) is 3.51. The topological polar surface area (TPSA) is 64.2 Å². The Balaban J connectivity index is 1.59. The van der Waals surface area contributed by atoms with Crippen molar-refractivity contribution in [3.05, 3.63) is 28.7 Å². The monoisotopic (exact) mass is 450 g/mol. The Morgan fingerprint density at radius 3 is 2.61 bits per heavy atom. The summed E-state index contributed by atoms with van der Waals surface area (Å²) >= 11 is 3.49. The van der Waals surface area contributed by atoms with E-state index in [9.17, 15) is 14.4 Å². The molecule has 1 aromatic rings. The van der Waals surface area contributed by atoms with Gasteiger partial charge in [0.1, 0.15) is 0 Å². The van der Waals surface area contributed by atoms with Crippen molar-refractivity contribution in [3.63, 3.8) is 0 Å². The van der Waals surface area contributed by atoms with Crippen LogP contribution in [-0.4, -0.2) is 85.8 Å². The lowest BCUT2D eigenvalue weighted by molar-refractivity contribution is -0.135. The molecule has 0 aromatic heterocycles. The van der Waals surface area contributed by atoms with Gasteiger partial charge in [0.15, 0.2) is 0 Å². The molecule has 0 aliphatic carbocycles. The van der Waals surface area contributed by atoms with Gasteiger partial charge in [0, 0.05) is 57.7 Å².